The van der Waals surface area contributed by atoms with Gasteiger partial charge in [-0.15, -0.1) is 0 Å². The zero-order valence-corrected chi connectivity index (χ0v) is 10.9. The Balaban J connectivity index is 0.000000514. The van der Waals surface area contributed by atoms with Gasteiger partial charge in [0.1, 0.15) is 11.2 Å². The summed E-state index contributed by atoms with van der Waals surface area (Å²) in [6.45, 7) is 8.22. The second kappa shape index (κ2) is 4.62. The number of hydrogen-bond acceptors (Lipinski definition) is 1. The van der Waals surface area contributed by atoms with Gasteiger partial charge in [-0.3, -0.25) is 0 Å². The molecule has 1 heterocycles. The van der Waals surface area contributed by atoms with E-state index in [2.05, 4.69) is 38.1 Å². The van der Waals surface area contributed by atoms with Crippen LogP contribution in [-0.4, -0.2) is 0 Å². The quantitative estimate of drug-likeness (QED) is 0.511. The van der Waals surface area contributed by atoms with Gasteiger partial charge in [0.2, 0.25) is 0 Å². The second-order valence-electron chi connectivity index (χ2n) is 4.00. The molecule has 1 heteroatoms. The SMILES string of the molecule is CC.Cc1ccc(C)c2c1oc1ccccc12. The number of hydrogen-bond donors (Lipinski definition) is 0. The Hall–Kier alpha value is -1.76. The number of rotatable bonds is 0. The molecule has 0 radical (unpaired) electrons. The van der Waals surface area contributed by atoms with E-state index in [1.165, 1.54) is 21.9 Å². The average molecular weight is 226 g/mol. The van der Waals surface area contributed by atoms with Crippen LogP contribution in [0, 0.1) is 13.8 Å². The second-order valence-corrected chi connectivity index (χ2v) is 4.00. The van der Waals surface area contributed by atoms with Crippen molar-refractivity contribution in [1.29, 1.82) is 0 Å². The van der Waals surface area contributed by atoms with E-state index < -0.39 is 0 Å². The lowest BCUT2D eigenvalue weighted by atomic mass is 10.0. The van der Waals surface area contributed by atoms with E-state index in [-0.39, 0.29) is 0 Å². The van der Waals surface area contributed by atoms with Gasteiger partial charge in [-0.05, 0) is 31.0 Å². The maximum absolute atomic E-state index is 5.86. The molecule has 17 heavy (non-hydrogen) atoms. The molecule has 1 nitrogen and oxygen atoms in total. The van der Waals surface area contributed by atoms with E-state index in [1.54, 1.807) is 0 Å². The van der Waals surface area contributed by atoms with Crippen molar-refractivity contribution in [2.45, 2.75) is 27.7 Å². The van der Waals surface area contributed by atoms with Crippen molar-refractivity contribution >= 4 is 21.9 Å². The molecule has 3 rings (SSSR count). The van der Waals surface area contributed by atoms with E-state index >= 15 is 0 Å². The zero-order valence-electron chi connectivity index (χ0n) is 10.9. The standard InChI is InChI=1S/C14H12O.C2H6/c1-9-7-8-10(2)14-13(9)11-5-3-4-6-12(11)15-14;1-2/h3-8H,1-2H3;1-2H3. The third-order valence-corrected chi connectivity index (χ3v) is 2.93. The van der Waals surface area contributed by atoms with Gasteiger partial charge >= 0.3 is 0 Å². The molecule has 0 saturated carbocycles. The Kier molecular flexibility index (Phi) is 3.19. The predicted molar refractivity (Wildman–Crippen MR) is 74.5 cm³/mol. The van der Waals surface area contributed by atoms with Crippen LogP contribution < -0.4 is 0 Å². The fraction of sp³-hybridized carbons (Fsp3) is 0.250. The maximum Gasteiger partial charge on any atom is 0.138 e. The number of aryl methyl sites for hydroxylation is 2. The van der Waals surface area contributed by atoms with E-state index in [0.29, 0.717) is 0 Å². The third kappa shape index (κ3) is 1.82. The molecule has 0 fully saturated rings. The van der Waals surface area contributed by atoms with Gasteiger partial charge in [-0.25, -0.2) is 0 Å². The largest absolute Gasteiger partial charge is 0.456 e. The van der Waals surface area contributed by atoms with Crippen LogP contribution in [0.2, 0.25) is 0 Å². The van der Waals surface area contributed by atoms with Gasteiger partial charge in [-0.2, -0.15) is 0 Å². The summed E-state index contributed by atoms with van der Waals surface area (Å²) in [6, 6.07) is 12.5. The molecule has 0 N–H and O–H groups in total. The van der Waals surface area contributed by atoms with Crippen molar-refractivity contribution in [3.63, 3.8) is 0 Å². The van der Waals surface area contributed by atoms with Gasteiger partial charge in [0, 0.05) is 10.8 Å². The molecule has 0 unspecified atom stereocenters. The van der Waals surface area contributed by atoms with Crippen molar-refractivity contribution < 1.29 is 4.42 Å². The van der Waals surface area contributed by atoms with Crippen LogP contribution in [0.15, 0.2) is 40.8 Å². The average Bonchev–Trinajstić information content (AvgIpc) is 2.77. The summed E-state index contributed by atoms with van der Waals surface area (Å²) in [5.41, 5.74) is 4.48. The van der Waals surface area contributed by atoms with Crippen LogP contribution in [0.3, 0.4) is 0 Å². The molecule has 3 aromatic rings. The minimum atomic E-state index is 0.977. The first-order chi connectivity index (χ1) is 8.27. The summed E-state index contributed by atoms with van der Waals surface area (Å²) >= 11 is 0. The molecule has 0 spiro atoms. The van der Waals surface area contributed by atoms with Crippen molar-refractivity contribution in [2.24, 2.45) is 0 Å². The highest BCUT2D eigenvalue weighted by atomic mass is 16.3. The van der Waals surface area contributed by atoms with Crippen molar-refractivity contribution in [1.82, 2.24) is 0 Å². The Morgan fingerprint density at radius 2 is 1.47 bits per heavy atom. The number of fused-ring (bicyclic) bond motifs is 3. The number of benzene rings is 2. The number of furan rings is 1. The predicted octanol–water partition coefficient (Wildman–Crippen LogP) is 5.23. The normalized spacial score (nSPS) is 10.4. The van der Waals surface area contributed by atoms with Crippen LogP contribution in [-0.2, 0) is 0 Å². The summed E-state index contributed by atoms with van der Waals surface area (Å²) in [5.74, 6) is 0. The summed E-state index contributed by atoms with van der Waals surface area (Å²) in [5, 5.41) is 2.47. The molecule has 0 atom stereocenters. The highest BCUT2D eigenvalue weighted by Gasteiger charge is 2.09. The van der Waals surface area contributed by atoms with Crippen LogP contribution in [0.1, 0.15) is 25.0 Å². The summed E-state index contributed by atoms with van der Waals surface area (Å²) in [7, 11) is 0. The van der Waals surface area contributed by atoms with E-state index in [1.807, 2.05) is 26.0 Å². The molecule has 0 aliphatic heterocycles. The lowest BCUT2D eigenvalue weighted by Gasteiger charge is -1.97. The fourth-order valence-corrected chi connectivity index (χ4v) is 2.12. The topological polar surface area (TPSA) is 13.1 Å². The fourth-order valence-electron chi connectivity index (χ4n) is 2.12. The monoisotopic (exact) mass is 226 g/mol. The van der Waals surface area contributed by atoms with Gasteiger partial charge < -0.3 is 4.42 Å². The molecular weight excluding hydrogens is 208 g/mol. The maximum atomic E-state index is 5.86. The molecule has 0 aliphatic carbocycles. The Bertz CT molecular complexity index is 647. The molecular formula is C16H18O. The third-order valence-electron chi connectivity index (χ3n) is 2.93. The lowest BCUT2D eigenvalue weighted by Crippen LogP contribution is -1.77. The first-order valence-corrected chi connectivity index (χ1v) is 6.15. The van der Waals surface area contributed by atoms with Crippen LogP contribution >= 0.6 is 0 Å². The van der Waals surface area contributed by atoms with Crippen LogP contribution in [0.5, 0.6) is 0 Å². The molecule has 0 saturated heterocycles. The van der Waals surface area contributed by atoms with E-state index in [0.717, 1.165) is 11.2 Å². The number of para-hydroxylation sites is 1. The zero-order chi connectivity index (χ0) is 12.4. The van der Waals surface area contributed by atoms with Gasteiger partial charge in [0.15, 0.2) is 0 Å². The minimum Gasteiger partial charge on any atom is -0.456 e. The van der Waals surface area contributed by atoms with Crippen LogP contribution in [0.25, 0.3) is 21.9 Å². The van der Waals surface area contributed by atoms with Crippen molar-refractivity contribution in [2.75, 3.05) is 0 Å². The van der Waals surface area contributed by atoms with Crippen molar-refractivity contribution in [3.8, 4) is 0 Å². The van der Waals surface area contributed by atoms with Gasteiger partial charge in [0.25, 0.3) is 0 Å². The highest BCUT2D eigenvalue weighted by molar-refractivity contribution is 6.07. The van der Waals surface area contributed by atoms with Gasteiger partial charge in [0.05, 0.1) is 0 Å². The molecule has 0 amide bonds. The van der Waals surface area contributed by atoms with E-state index in [4.69, 9.17) is 4.42 Å². The summed E-state index contributed by atoms with van der Waals surface area (Å²) in [4.78, 5) is 0. The molecule has 88 valence electrons. The van der Waals surface area contributed by atoms with Crippen LogP contribution in [0.4, 0.5) is 0 Å². The van der Waals surface area contributed by atoms with E-state index in [9.17, 15) is 0 Å². The molecule has 1 aromatic heterocycles. The highest BCUT2D eigenvalue weighted by Crippen LogP contribution is 2.32. The first-order valence-electron chi connectivity index (χ1n) is 6.15. The van der Waals surface area contributed by atoms with Crippen molar-refractivity contribution in [3.05, 3.63) is 47.5 Å². The Morgan fingerprint density at radius 1 is 0.824 bits per heavy atom. The lowest BCUT2D eigenvalue weighted by molar-refractivity contribution is 0.665. The smallest absolute Gasteiger partial charge is 0.138 e. The minimum absolute atomic E-state index is 0.977. The van der Waals surface area contributed by atoms with Gasteiger partial charge in [-0.1, -0.05) is 44.2 Å². The molecule has 2 aromatic carbocycles. The molecule has 0 aliphatic rings. The Labute approximate surface area is 102 Å². The summed E-state index contributed by atoms with van der Waals surface area (Å²) < 4.78 is 5.86. The molecule has 0 bridgehead atoms. The Morgan fingerprint density at radius 3 is 2.24 bits per heavy atom. The summed E-state index contributed by atoms with van der Waals surface area (Å²) in [6.07, 6.45) is 0. The first kappa shape index (κ1) is 11.7.